The summed E-state index contributed by atoms with van der Waals surface area (Å²) in [4.78, 5) is 145. The molecular weight excluding hydrogens is 1130 g/mol. The average Bonchev–Trinajstić information content (AvgIpc) is 2.39. The Labute approximate surface area is 511 Å². The summed E-state index contributed by atoms with van der Waals surface area (Å²) in [6.45, 7) is 17.9. The van der Waals surface area contributed by atoms with Crippen LogP contribution in [0.4, 0.5) is 0 Å². The van der Waals surface area contributed by atoms with E-state index in [1.807, 2.05) is 58.9 Å². The normalized spacial score (nSPS) is 15.1. The van der Waals surface area contributed by atoms with Gasteiger partial charge in [-0.1, -0.05) is 69.1 Å². The van der Waals surface area contributed by atoms with E-state index in [1.54, 1.807) is 64.2 Å². The number of aryl methyl sites for hydroxylation is 1. The second kappa shape index (κ2) is 37.6. The van der Waals surface area contributed by atoms with Crippen LogP contribution in [0.15, 0.2) is 47.0 Å². The number of oxime groups is 1. The molecule has 0 saturated carbocycles. The molecule has 1 aromatic heterocycles. The SMILES string of the molecule is CCC(C)[C@H](NC(=O)C(C)(C)N(C)C)C(=O)N(C)[C@H](CC(=NOCCC(=O)NC(C)C(=O)NC(CCCCNC(=O)CCN1C(=O)C=CC1=O)C(=O)CCCOCCOC)c1nc(C(=O)N[C@@H](Cc2ccc(C)cc2)CC(C)OC=O)cs1)C(C)C. The lowest BCUT2D eigenvalue weighted by molar-refractivity contribution is -0.141. The van der Waals surface area contributed by atoms with E-state index in [0.717, 1.165) is 39.5 Å². The van der Waals surface area contributed by atoms with Crippen molar-refractivity contribution in [3.05, 3.63) is 63.6 Å². The molecule has 1 aromatic carbocycles. The van der Waals surface area contributed by atoms with Crippen molar-refractivity contribution in [2.24, 2.45) is 17.0 Å². The summed E-state index contributed by atoms with van der Waals surface area (Å²) in [5.41, 5.74) is 1.48. The number of Topliss-reactive ketones (excluding diaryl/α,β-unsaturated/α-hetero) is 1. The fourth-order valence-electron chi connectivity index (χ4n) is 8.96. The summed E-state index contributed by atoms with van der Waals surface area (Å²) < 4.78 is 15.7. The van der Waals surface area contributed by atoms with Gasteiger partial charge in [-0.05, 0) is 98.2 Å². The predicted octanol–water partition coefficient (Wildman–Crippen LogP) is 4.20. The fraction of sp³-hybridized carbons (Fsp3) is 0.639. The average molecular weight is 1220 g/mol. The van der Waals surface area contributed by atoms with Crippen molar-refractivity contribution in [2.45, 2.75) is 175 Å². The highest BCUT2D eigenvalue weighted by Crippen LogP contribution is 2.24. The maximum atomic E-state index is 14.6. The van der Waals surface area contributed by atoms with Crippen molar-refractivity contribution in [1.82, 2.24) is 46.3 Å². The van der Waals surface area contributed by atoms with Crippen LogP contribution < -0.4 is 26.6 Å². The first-order chi connectivity index (χ1) is 40.7. The van der Waals surface area contributed by atoms with Gasteiger partial charge in [0.2, 0.25) is 29.5 Å². The zero-order valence-electron chi connectivity index (χ0n) is 52.6. The first kappa shape index (κ1) is 73.3. The standard InChI is InChI=1S/C61H94N10O14S/c1-14-41(5)55(67-60(81)61(8,9)69(10)11)59(80)70(12)49(39(2)3)36-47(58-66-48(37-86-58)57(79)64-45(34-42(6)84-38-72)35-44-22-20-40(4)21-23-44)68-85-31-27-52(75)63-43(7)56(78)65-46(50(73)19-17-30-83-33-32-82-13)18-15-16-28-62-51(74)26-29-71-53(76)24-25-54(71)77/h20-25,37-39,41-43,45-46,49,55H,14-19,26-36H2,1-13H3,(H,62,74)(H,63,75)(H,64,79)(H,65,78)(H,67,81)/t41?,42?,43?,45-,46?,49-,55+/m1/s1. The molecule has 0 radical (unpaired) electrons. The second-order valence-electron chi connectivity index (χ2n) is 22.8. The minimum Gasteiger partial charge on any atom is -0.465 e. The van der Waals surface area contributed by atoms with Crippen LogP contribution in [0.3, 0.4) is 0 Å². The van der Waals surface area contributed by atoms with E-state index < -0.39 is 71.4 Å². The lowest BCUT2D eigenvalue weighted by Gasteiger charge is -2.38. The first-order valence-electron chi connectivity index (χ1n) is 29.6. The highest BCUT2D eigenvalue weighted by atomic mass is 32.1. The third kappa shape index (κ3) is 24.8. The summed E-state index contributed by atoms with van der Waals surface area (Å²) in [5.74, 6) is -4.23. The van der Waals surface area contributed by atoms with E-state index in [4.69, 9.17) is 24.0 Å². The minimum absolute atomic E-state index is 0.0515. The molecule has 2 aromatic rings. The van der Waals surface area contributed by atoms with E-state index in [-0.39, 0.29) is 98.5 Å². The molecule has 2 heterocycles. The van der Waals surface area contributed by atoms with Crippen molar-refractivity contribution in [3.8, 4) is 0 Å². The lowest BCUT2D eigenvalue weighted by atomic mass is 9.92. The Balaban J connectivity index is 1.82. The van der Waals surface area contributed by atoms with Gasteiger partial charge in [-0.25, -0.2) is 4.98 Å². The highest BCUT2D eigenvalue weighted by molar-refractivity contribution is 7.12. The van der Waals surface area contributed by atoms with Gasteiger partial charge in [0.1, 0.15) is 41.2 Å². The van der Waals surface area contributed by atoms with Gasteiger partial charge < -0.3 is 50.5 Å². The molecule has 1 aliphatic rings. The van der Waals surface area contributed by atoms with Gasteiger partial charge in [0.15, 0.2) is 5.78 Å². The molecule has 0 saturated heterocycles. The molecule has 0 aliphatic carbocycles. The number of likely N-dealkylation sites (N-methyl/N-ethyl adjacent to an activating group) is 2. The van der Waals surface area contributed by atoms with Gasteiger partial charge in [-0.2, -0.15) is 0 Å². The van der Waals surface area contributed by atoms with Crippen LogP contribution in [0.25, 0.3) is 0 Å². The maximum absolute atomic E-state index is 14.6. The predicted molar refractivity (Wildman–Crippen MR) is 326 cm³/mol. The Morgan fingerprint density at radius 3 is 2.15 bits per heavy atom. The van der Waals surface area contributed by atoms with Gasteiger partial charge in [0.25, 0.3) is 24.2 Å². The lowest BCUT2D eigenvalue weighted by Crippen LogP contribution is -2.60. The van der Waals surface area contributed by atoms with Crippen molar-refractivity contribution < 1.29 is 67.0 Å². The van der Waals surface area contributed by atoms with Crippen LogP contribution in [0.1, 0.15) is 146 Å². The molecule has 1 aliphatic heterocycles. The van der Waals surface area contributed by atoms with Crippen LogP contribution in [0.5, 0.6) is 0 Å². The van der Waals surface area contributed by atoms with E-state index in [1.165, 1.54) is 6.92 Å². The topological polar surface area (TPSA) is 303 Å². The Kier molecular flexibility index (Phi) is 32.0. The van der Waals surface area contributed by atoms with Gasteiger partial charge >= 0.3 is 0 Å². The molecule has 0 bridgehead atoms. The number of aromatic nitrogens is 1. The number of methoxy groups -OCH3 is 1. The van der Waals surface area contributed by atoms with Crippen LogP contribution in [-0.2, 0) is 68.6 Å². The van der Waals surface area contributed by atoms with E-state index in [2.05, 4.69) is 31.7 Å². The number of carbonyl (C=O) groups is 10. The molecule has 25 heteroatoms. The van der Waals surface area contributed by atoms with Gasteiger partial charge in [0.05, 0.1) is 31.2 Å². The number of nitrogens with zero attached hydrogens (tertiary/aromatic N) is 5. The fourth-order valence-corrected chi connectivity index (χ4v) is 9.76. The molecule has 4 unspecified atom stereocenters. The number of amides is 8. The third-order valence-electron chi connectivity index (χ3n) is 15.2. The zero-order chi connectivity index (χ0) is 64.1. The Bertz CT molecular complexity index is 2610. The Hall–Kier alpha value is -6.96. The van der Waals surface area contributed by atoms with E-state index in [0.29, 0.717) is 69.8 Å². The van der Waals surface area contributed by atoms with Crippen LogP contribution in [0, 0.1) is 18.8 Å². The zero-order valence-corrected chi connectivity index (χ0v) is 53.4. The number of nitrogens with one attached hydrogen (secondary N) is 5. The number of hydrogen-bond acceptors (Lipinski definition) is 18. The summed E-state index contributed by atoms with van der Waals surface area (Å²) in [7, 11) is 6.81. The molecule has 0 spiro atoms. The monoisotopic (exact) mass is 1220 g/mol. The second-order valence-corrected chi connectivity index (χ2v) is 23.7. The molecule has 3 rings (SSSR count). The van der Waals surface area contributed by atoms with Crippen LogP contribution in [-0.4, -0.2) is 195 Å². The van der Waals surface area contributed by atoms with Crippen LogP contribution >= 0.6 is 11.3 Å². The van der Waals surface area contributed by atoms with Crippen LogP contribution in [0.2, 0.25) is 0 Å². The van der Waals surface area contributed by atoms with Gasteiger partial charge in [0, 0.05) is 89.2 Å². The maximum Gasteiger partial charge on any atom is 0.293 e. The smallest absolute Gasteiger partial charge is 0.293 e. The third-order valence-corrected chi connectivity index (χ3v) is 16.1. The van der Waals surface area contributed by atoms with E-state index in [9.17, 15) is 47.9 Å². The first-order valence-corrected chi connectivity index (χ1v) is 30.5. The minimum atomic E-state index is -1.08. The molecule has 5 N–H and O–H groups in total. The molecular formula is C61H94N10O14S. The van der Waals surface area contributed by atoms with Crippen molar-refractivity contribution in [1.29, 1.82) is 0 Å². The number of thiazole rings is 1. The molecule has 8 amide bonds. The van der Waals surface area contributed by atoms with Gasteiger partial charge in [-0.3, -0.25) is 57.7 Å². The number of imide groups is 1. The Morgan fingerprint density at radius 2 is 1.52 bits per heavy atom. The number of rotatable bonds is 42. The van der Waals surface area contributed by atoms with Crippen molar-refractivity contribution >= 4 is 76.6 Å². The quantitative estimate of drug-likeness (QED) is 0.0205. The number of hydrogen-bond donors (Lipinski definition) is 5. The number of benzene rings is 1. The summed E-state index contributed by atoms with van der Waals surface area (Å²) in [6.07, 6.45) is 4.58. The summed E-state index contributed by atoms with van der Waals surface area (Å²) in [6, 6.07) is 4.06. The van der Waals surface area contributed by atoms with E-state index >= 15 is 0 Å². The molecule has 24 nitrogen and oxygen atoms in total. The number of ether oxygens (including phenoxy) is 3. The number of ketones is 1. The highest BCUT2D eigenvalue weighted by Gasteiger charge is 2.38. The molecule has 0 fully saturated rings. The number of unbranched alkanes of at least 4 members (excludes halogenated alkanes) is 1. The molecule has 86 heavy (non-hydrogen) atoms. The Morgan fingerprint density at radius 1 is 0.837 bits per heavy atom. The molecule has 7 atom stereocenters. The largest absolute Gasteiger partial charge is 0.465 e. The summed E-state index contributed by atoms with van der Waals surface area (Å²) in [5, 5.41) is 20.7. The number of carbonyl (C=O) groups excluding carboxylic acids is 10. The molecule has 478 valence electrons. The van der Waals surface area contributed by atoms with Crippen molar-refractivity contribution in [2.75, 3.05) is 67.8 Å². The van der Waals surface area contributed by atoms with Crippen molar-refractivity contribution in [3.63, 3.8) is 0 Å². The summed E-state index contributed by atoms with van der Waals surface area (Å²) >= 11 is 1.13. The van der Waals surface area contributed by atoms with Gasteiger partial charge in [-0.15, -0.1) is 11.3 Å².